The maximum atomic E-state index is 6.20. The minimum absolute atomic E-state index is 0.392. The highest BCUT2D eigenvalue weighted by Gasteiger charge is 2.52. The lowest BCUT2D eigenvalue weighted by molar-refractivity contribution is 0.00578. The zero-order valence-corrected chi connectivity index (χ0v) is 17.1. The summed E-state index contributed by atoms with van der Waals surface area (Å²) in [6.45, 7) is 8.08. The van der Waals surface area contributed by atoms with Crippen LogP contribution in [0.4, 0.5) is 0 Å². The predicted molar refractivity (Wildman–Crippen MR) is 113 cm³/mol. The fraction of sp³-hybridized carbons (Fsp3) is 0.261. The molecule has 0 radical (unpaired) electrons. The Balaban J connectivity index is 1.68. The van der Waals surface area contributed by atoms with Gasteiger partial charge in [-0.3, -0.25) is 0 Å². The molecule has 0 atom stereocenters. The van der Waals surface area contributed by atoms with Crippen LogP contribution in [0.5, 0.6) is 23.3 Å². The average Bonchev–Trinajstić information content (AvgIpc) is 2.91. The Hall–Kier alpha value is -2.83. The molecule has 0 N–H and O–H groups in total. The summed E-state index contributed by atoms with van der Waals surface area (Å²) in [7, 11) is -0.586. The number of hydrogen-bond donors (Lipinski definition) is 0. The van der Waals surface area contributed by atoms with Crippen molar-refractivity contribution in [3.8, 4) is 23.3 Å². The molecular weight excluding hydrogens is 365 g/mol. The number of hydrogen-bond acceptors (Lipinski definition) is 5. The van der Waals surface area contributed by atoms with Gasteiger partial charge in [-0.15, -0.1) is 0 Å². The van der Waals surface area contributed by atoms with Crippen LogP contribution in [0.3, 0.4) is 0 Å². The fourth-order valence-electron chi connectivity index (χ4n) is 2.93. The Kier molecular flexibility index (Phi) is 5.07. The van der Waals surface area contributed by atoms with Crippen molar-refractivity contribution in [1.29, 1.82) is 0 Å². The molecule has 4 rings (SSSR count). The molecule has 2 aromatic carbocycles. The molecule has 1 fully saturated rings. The number of pyridine rings is 1. The van der Waals surface area contributed by atoms with Gasteiger partial charge < -0.3 is 18.8 Å². The Morgan fingerprint density at radius 1 is 0.690 bits per heavy atom. The summed E-state index contributed by atoms with van der Waals surface area (Å²) in [6.07, 6.45) is 0. The van der Waals surface area contributed by atoms with Crippen molar-refractivity contribution in [3.05, 3.63) is 72.8 Å². The number of para-hydroxylation sites is 2. The van der Waals surface area contributed by atoms with E-state index in [1.165, 1.54) is 0 Å². The van der Waals surface area contributed by atoms with E-state index in [1.54, 1.807) is 6.07 Å². The topological polar surface area (TPSA) is 49.8 Å². The third-order valence-corrected chi connectivity index (χ3v) is 5.29. The number of rotatable bonds is 5. The zero-order valence-electron chi connectivity index (χ0n) is 17.1. The van der Waals surface area contributed by atoms with Gasteiger partial charge in [-0.05, 0) is 52.0 Å². The van der Waals surface area contributed by atoms with E-state index in [4.69, 9.17) is 18.8 Å². The highest BCUT2D eigenvalue weighted by molar-refractivity contribution is 6.63. The number of nitrogens with zero attached hydrogens (tertiary/aromatic N) is 1. The number of aromatic nitrogens is 1. The Bertz CT molecular complexity index is 961. The van der Waals surface area contributed by atoms with E-state index in [9.17, 15) is 0 Å². The van der Waals surface area contributed by atoms with Crippen molar-refractivity contribution < 1.29 is 18.8 Å². The highest BCUT2D eigenvalue weighted by Crippen LogP contribution is 2.37. The van der Waals surface area contributed by atoms with E-state index < -0.39 is 18.3 Å². The summed E-state index contributed by atoms with van der Waals surface area (Å²) in [5.74, 6) is 2.20. The Labute approximate surface area is 171 Å². The third-order valence-electron chi connectivity index (χ3n) is 5.29. The van der Waals surface area contributed by atoms with E-state index in [-0.39, 0.29) is 0 Å². The molecule has 1 saturated heterocycles. The first-order chi connectivity index (χ1) is 13.8. The zero-order chi connectivity index (χ0) is 20.5. The van der Waals surface area contributed by atoms with Gasteiger partial charge in [0.05, 0.1) is 11.2 Å². The minimum Gasteiger partial charge on any atom is -0.439 e. The SMILES string of the molecule is CC1(C)OB(c2ccc(Oc3ccccc3)nc2Oc2ccccc2)OC1(C)C. The predicted octanol–water partition coefficient (Wildman–Crippen LogP) is 4.97. The molecule has 3 aromatic rings. The lowest BCUT2D eigenvalue weighted by Gasteiger charge is -2.32. The van der Waals surface area contributed by atoms with E-state index in [1.807, 2.05) is 94.4 Å². The Morgan fingerprint density at radius 3 is 1.76 bits per heavy atom. The van der Waals surface area contributed by atoms with Gasteiger partial charge in [0.2, 0.25) is 11.8 Å². The van der Waals surface area contributed by atoms with Gasteiger partial charge in [0.25, 0.3) is 0 Å². The molecule has 0 unspecified atom stereocenters. The average molecular weight is 389 g/mol. The second-order valence-electron chi connectivity index (χ2n) is 7.96. The highest BCUT2D eigenvalue weighted by atomic mass is 16.7. The number of ether oxygens (including phenoxy) is 2. The van der Waals surface area contributed by atoms with E-state index in [0.29, 0.717) is 28.7 Å². The maximum Gasteiger partial charge on any atom is 0.500 e. The summed E-state index contributed by atoms with van der Waals surface area (Å²) in [5, 5.41) is 0. The molecule has 1 aliphatic heterocycles. The molecule has 2 heterocycles. The van der Waals surface area contributed by atoms with Crippen LogP contribution < -0.4 is 14.9 Å². The maximum absolute atomic E-state index is 6.20. The van der Waals surface area contributed by atoms with Gasteiger partial charge >= 0.3 is 7.12 Å². The molecular formula is C23H24BNO4. The summed E-state index contributed by atoms with van der Waals surface area (Å²) >= 11 is 0. The van der Waals surface area contributed by atoms with Crippen LogP contribution in [-0.2, 0) is 9.31 Å². The van der Waals surface area contributed by atoms with E-state index >= 15 is 0 Å². The summed E-state index contributed by atoms with van der Waals surface area (Å²) in [5.41, 5.74) is -0.199. The van der Waals surface area contributed by atoms with Crippen LogP contribution in [0.1, 0.15) is 27.7 Å². The third kappa shape index (κ3) is 4.14. The van der Waals surface area contributed by atoms with Gasteiger partial charge in [-0.1, -0.05) is 42.5 Å². The molecule has 5 nitrogen and oxygen atoms in total. The van der Waals surface area contributed by atoms with Crippen LogP contribution in [0.15, 0.2) is 72.8 Å². The first kappa shape index (κ1) is 19.5. The smallest absolute Gasteiger partial charge is 0.439 e. The summed E-state index contributed by atoms with van der Waals surface area (Å²) < 4.78 is 24.4. The lowest BCUT2D eigenvalue weighted by Crippen LogP contribution is -2.41. The lowest BCUT2D eigenvalue weighted by atomic mass is 9.79. The van der Waals surface area contributed by atoms with Gasteiger partial charge in [0, 0.05) is 11.5 Å². The largest absolute Gasteiger partial charge is 0.500 e. The molecule has 1 aliphatic rings. The first-order valence-electron chi connectivity index (χ1n) is 9.66. The van der Waals surface area contributed by atoms with Crippen LogP contribution >= 0.6 is 0 Å². The van der Waals surface area contributed by atoms with Gasteiger partial charge in [-0.25, -0.2) is 0 Å². The monoisotopic (exact) mass is 389 g/mol. The van der Waals surface area contributed by atoms with Crippen molar-refractivity contribution in [3.63, 3.8) is 0 Å². The molecule has 1 aromatic heterocycles. The second-order valence-corrected chi connectivity index (χ2v) is 7.96. The molecule has 148 valence electrons. The van der Waals surface area contributed by atoms with E-state index in [2.05, 4.69) is 4.98 Å². The Morgan fingerprint density at radius 2 is 1.21 bits per heavy atom. The first-order valence-corrected chi connectivity index (χ1v) is 9.66. The fourth-order valence-corrected chi connectivity index (χ4v) is 2.93. The minimum atomic E-state index is -0.586. The summed E-state index contributed by atoms with van der Waals surface area (Å²) in [6, 6.07) is 22.7. The normalized spacial score (nSPS) is 17.2. The van der Waals surface area contributed by atoms with Gasteiger partial charge in [-0.2, -0.15) is 4.98 Å². The molecule has 0 bridgehead atoms. The molecule has 29 heavy (non-hydrogen) atoms. The molecule has 6 heteroatoms. The quantitative estimate of drug-likeness (QED) is 0.577. The summed E-state index contributed by atoms with van der Waals surface area (Å²) in [4.78, 5) is 4.60. The van der Waals surface area contributed by atoms with Crippen molar-refractivity contribution in [2.45, 2.75) is 38.9 Å². The second kappa shape index (κ2) is 7.54. The van der Waals surface area contributed by atoms with Crippen LogP contribution in [0, 0.1) is 0 Å². The molecule has 0 saturated carbocycles. The molecule has 0 amide bonds. The van der Waals surface area contributed by atoms with Gasteiger partial charge in [0.15, 0.2) is 0 Å². The van der Waals surface area contributed by atoms with Crippen LogP contribution in [-0.4, -0.2) is 23.3 Å². The van der Waals surface area contributed by atoms with Crippen molar-refractivity contribution >= 4 is 12.6 Å². The molecule has 0 aliphatic carbocycles. The van der Waals surface area contributed by atoms with Crippen LogP contribution in [0.25, 0.3) is 0 Å². The van der Waals surface area contributed by atoms with Crippen molar-refractivity contribution in [2.75, 3.05) is 0 Å². The van der Waals surface area contributed by atoms with Crippen molar-refractivity contribution in [1.82, 2.24) is 4.98 Å². The molecule has 0 spiro atoms. The van der Waals surface area contributed by atoms with Gasteiger partial charge in [0.1, 0.15) is 11.5 Å². The van der Waals surface area contributed by atoms with Crippen LogP contribution in [0.2, 0.25) is 0 Å². The number of benzene rings is 2. The van der Waals surface area contributed by atoms with Crippen molar-refractivity contribution in [2.24, 2.45) is 0 Å². The standard InChI is InChI=1S/C23H24BNO4/c1-22(2)23(3,4)29-24(28-22)19-15-16-20(26-17-11-7-5-8-12-17)25-21(19)27-18-13-9-6-10-14-18/h5-16H,1-4H3. The van der Waals surface area contributed by atoms with E-state index in [0.717, 1.165) is 0 Å².